The van der Waals surface area contributed by atoms with Crippen LogP contribution in [0.3, 0.4) is 0 Å². The largest absolute Gasteiger partial charge is 0.493 e. The second kappa shape index (κ2) is 10.4. The monoisotopic (exact) mass is 435 g/mol. The summed E-state index contributed by atoms with van der Waals surface area (Å²) in [5.41, 5.74) is 1.32. The van der Waals surface area contributed by atoms with Crippen LogP contribution in [0.4, 0.5) is 14.5 Å². The maximum absolute atomic E-state index is 13.2. The Hall–Kier alpha value is -2.16. The standard InChI is InChI=1S/C18H19F2N3O3.2ClH/c1-25-15-5-4-13(23-17(24)14-8-18(19,20)11-22-14)7-16(15)26-10-12-3-2-6-21-9-12;;/h2-7,9,14,22H,8,10-11H2,1H3,(H,23,24);2*1H. The quantitative estimate of drug-likeness (QED) is 0.726. The number of carbonyl (C=O) groups is 1. The minimum Gasteiger partial charge on any atom is -0.493 e. The van der Waals surface area contributed by atoms with E-state index >= 15 is 0 Å². The van der Waals surface area contributed by atoms with Crippen molar-refractivity contribution in [1.29, 1.82) is 0 Å². The minimum atomic E-state index is -2.86. The number of pyridine rings is 1. The van der Waals surface area contributed by atoms with Crippen molar-refractivity contribution in [3.8, 4) is 11.5 Å². The number of aromatic nitrogens is 1. The van der Waals surface area contributed by atoms with Gasteiger partial charge in [0.1, 0.15) is 6.61 Å². The Labute approximate surface area is 173 Å². The summed E-state index contributed by atoms with van der Waals surface area (Å²) in [6, 6.07) is 7.62. The zero-order valence-electron chi connectivity index (χ0n) is 15.0. The molecule has 2 N–H and O–H groups in total. The first kappa shape index (κ1) is 23.9. The van der Waals surface area contributed by atoms with Gasteiger partial charge in [-0.05, 0) is 18.2 Å². The second-order valence-corrected chi connectivity index (χ2v) is 6.00. The first-order valence-corrected chi connectivity index (χ1v) is 8.09. The van der Waals surface area contributed by atoms with Gasteiger partial charge in [-0.3, -0.25) is 15.1 Å². The predicted molar refractivity (Wildman–Crippen MR) is 106 cm³/mol. The van der Waals surface area contributed by atoms with Gasteiger partial charge in [0.15, 0.2) is 11.5 Å². The molecule has 0 radical (unpaired) electrons. The average Bonchev–Trinajstić information content (AvgIpc) is 3.01. The summed E-state index contributed by atoms with van der Waals surface area (Å²) < 4.78 is 37.5. The van der Waals surface area contributed by atoms with Gasteiger partial charge < -0.3 is 14.8 Å². The van der Waals surface area contributed by atoms with Crippen molar-refractivity contribution < 1.29 is 23.0 Å². The highest BCUT2D eigenvalue weighted by molar-refractivity contribution is 5.95. The average molecular weight is 436 g/mol. The van der Waals surface area contributed by atoms with Crippen LogP contribution in [0.1, 0.15) is 12.0 Å². The molecule has 1 fully saturated rings. The molecule has 1 unspecified atom stereocenters. The van der Waals surface area contributed by atoms with Crippen LogP contribution in [-0.4, -0.2) is 36.5 Å². The first-order chi connectivity index (χ1) is 12.5. The Kier molecular flexibility index (Phi) is 8.87. The molecule has 1 atom stereocenters. The lowest BCUT2D eigenvalue weighted by Crippen LogP contribution is -2.35. The van der Waals surface area contributed by atoms with E-state index in [2.05, 4.69) is 15.6 Å². The van der Waals surface area contributed by atoms with E-state index < -0.39 is 30.8 Å². The summed E-state index contributed by atoms with van der Waals surface area (Å²) in [5.74, 6) is -2.44. The van der Waals surface area contributed by atoms with E-state index in [0.29, 0.717) is 17.2 Å². The molecular formula is C18H21Cl2F2N3O3. The van der Waals surface area contributed by atoms with Gasteiger partial charge in [0, 0.05) is 36.1 Å². The Morgan fingerprint density at radius 1 is 1.32 bits per heavy atom. The molecule has 6 nitrogen and oxygen atoms in total. The third-order valence-corrected chi connectivity index (χ3v) is 3.97. The first-order valence-electron chi connectivity index (χ1n) is 8.09. The van der Waals surface area contributed by atoms with Crippen molar-refractivity contribution in [2.75, 3.05) is 19.0 Å². The fourth-order valence-corrected chi connectivity index (χ4v) is 2.64. The Morgan fingerprint density at radius 2 is 2.11 bits per heavy atom. The number of halogens is 4. The number of anilines is 1. The van der Waals surface area contributed by atoms with E-state index in [1.807, 2.05) is 6.07 Å². The van der Waals surface area contributed by atoms with Crippen molar-refractivity contribution in [3.63, 3.8) is 0 Å². The van der Waals surface area contributed by atoms with Crippen LogP contribution >= 0.6 is 24.8 Å². The fourth-order valence-electron chi connectivity index (χ4n) is 2.64. The third kappa shape index (κ3) is 6.19. The number of methoxy groups -OCH3 is 1. The van der Waals surface area contributed by atoms with Gasteiger partial charge in [0.25, 0.3) is 5.92 Å². The number of carbonyl (C=O) groups excluding carboxylic acids is 1. The topological polar surface area (TPSA) is 72.5 Å². The Bertz CT molecular complexity index is 782. The highest BCUT2D eigenvalue weighted by Crippen LogP contribution is 2.31. The van der Waals surface area contributed by atoms with Crippen LogP contribution in [0.2, 0.25) is 0 Å². The van der Waals surface area contributed by atoms with E-state index in [4.69, 9.17) is 9.47 Å². The van der Waals surface area contributed by atoms with Crippen LogP contribution in [-0.2, 0) is 11.4 Å². The van der Waals surface area contributed by atoms with E-state index in [9.17, 15) is 13.6 Å². The maximum Gasteiger partial charge on any atom is 0.262 e. The molecule has 0 spiro atoms. The Balaban J connectivity index is 0.00000196. The molecule has 28 heavy (non-hydrogen) atoms. The number of benzene rings is 1. The van der Waals surface area contributed by atoms with Gasteiger partial charge in [0.05, 0.1) is 19.7 Å². The zero-order chi connectivity index (χ0) is 18.6. The van der Waals surface area contributed by atoms with E-state index in [0.717, 1.165) is 5.56 Å². The molecule has 0 aliphatic carbocycles. The van der Waals surface area contributed by atoms with Gasteiger partial charge in [-0.25, -0.2) is 8.78 Å². The van der Waals surface area contributed by atoms with Crippen molar-refractivity contribution in [1.82, 2.24) is 10.3 Å². The molecule has 0 saturated carbocycles. The Morgan fingerprint density at radius 3 is 2.71 bits per heavy atom. The molecule has 3 rings (SSSR count). The summed E-state index contributed by atoms with van der Waals surface area (Å²) >= 11 is 0. The number of alkyl halides is 2. The number of hydrogen-bond acceptors (Lipinski definition) is 5. The highest BCUT2D eigenvalue weighted by atomic mass is 35.5. The van der Waals surface area contributed by atoms with Crippen LogP contribution in [0.5, 0.6) is 11.5 Å². The van der Waals surface area contributed by atoms with Crippen LogP contribution in [0, 0.1) is 0 Å². The summed E-state index contributed by atoms with van der Waals surface area (Å²) in [5, 5.41) is 5.15. The lowest BCUT2D eigenvalue weighted by atomic mass is 10.1. The van der Waals surface area contributed by atoms with Crippen molar-refractivity contribution in [2.45, 2.75) is 25.0 Å². The molecule has 1 aliphatic heterocycles. The van der Waals surface area contributed by atoms with Gasteiger partial charge in [-0.2, -0.15) is 0 Å². The normalized spacial score (nSPS) is 17.0. The number of ether oxygens (including phenoxy) is 2. The maximum atomic E-state index is 13.2. The van der Waals surface area contributed by atoms with Crippen LogP contribution in [0.15, 0.2) is 42.7 Å². The summed E-state index contributed by atoms with van der Waals surface area (Å²) in [6.07, 6.45) is 2.84. The van der Waals surface area contributed by atoms with E-state index in [-0.39, 0.29) is 31.4 Å². The predicted octanol–water partition coefficient (Wildman–Crippen LogP) is 3.45. The molecular weight excluding hydrogens is 415 g/mol. The van der Waals surface area contributed by atoms with E-state index in [1.54, 1.807) is 36.7 Å². The fraction of sp³-hybridized carbons (Fsp3) is 0.333. The zero-order valence-corrected chi connectivity index (χ0v) is 16.6. The highest BCUT2D eigenvalue weighted by Gasteiger charge is 2.42. The van der Waals surface area contributed by atoms with E-state index in [1.165, 1.54) is 7.11 Å². The van der Waals surface area contributed by atoms with Gasteiger partial charge >= 0.3 is 0 Å². The molecule has 1 aromatic carbocycles. The SMILES string of the molecule is COc1ccc(NC(=O)C2CC(F)(F)CN2)cc1OCc1cccnc1.Cl.Cl. The van der Waals surface area contributed by atoms with Crippen LogP contribution in [0.25, 0.3) is 0 Å². The lowest BCUT2D eigenvalue weighted by molar-refractivity contribution is -0.118. The van der Waals surface area contributed by atoms with Crippen molar-refractivity contribution >= 4 is 36.4 Å². The summed E-state index contributed by atoms with van der Waals surface area (Å²) in [6.45, 7) is -0.217. The number of nitrogens with one attached hydrogen (secondary N) is 2. The summed E-state index contributed by atoms with van der Waals surface area (Å²) in [7, 11) is 1.51. The molecule has 10 heteroatoms. The smallest absolute Gasteiger partial charge is 0.262 e. The molecule has 154 valence electrons. The van der Waals surface area contributed by atoms with Crippen LogP contribution < -0.4 is 20.1 Å². The number of rotatable bonds is 6. The minimum absolute atomic E-state index is 0. The molecule has 2 aromatic rings. The lowest BCUT2D eigenvalue weighted by Gasteiger charge is -2.15. The molecule has 1 aromatic heterocycles. The molecule has 0 bridgehead atoms. The summed E-state index contributed by atoms with van der Waals surface area (Å²) in [4.78, 5) is 16.2. The van der Waals surface area contributed by atoms with Gasteiger partial charge in [-0.15, -0.1) is 24.8 Å². The molecule has 1 aliphatic rings. The molecule has 2 heterocycles. The van der Waals surface area contributed by atoms with Crippen molar-refractivity contribution in [2.24, 2.45) is 0 Å². The molecule has 1 amide bonds. The third-order valence-electron chi connectivity index (χ3n) is 3.97. The number of nitrogens with zero attached hydrogens (tertiary/aromatic N) is 1. The number of hydrogen-bond donors (Lipinski definition) is 2. The van der Waals surface area contributed by atoms with Gasteiger partial charge in [-0.1, -0.05) is 6.07 Å². The van der Waals surface area contributed by atoms with Gasteiger partial charge in [0.2, 0.25) is 5.91 Å². The van der Waals surface area contributed by atoms with Crippen molar-refractivity contribution in [3.05, 3.63) is 48.3 Å². The molecule has 1 saturated heterocycles. The second-order valence-electron chi connectivity index (χ2n) is 6.00. The number of amides is 1.